The number of likely N-dealkylation sites (N-methyl/N-ethyl adjacent to an activating group) is 1. The molecule has 1 aromatic rings. The highest BCUT2D eigenvalue weighted by atomic mass is 16.2. The summed E-state index contributed by atoms with van der Waals surface area (Å²) in [6, 6.07) is 7.69. The van der Waals surface area contributed by atoms with Gasteiger partial charge >= 0.3 is 6.03 Å². The summed E-state index contributed by atoms with van der Waals surface area (Å²) in [5, 5.41) is 5.88. The van der Waals surface area contributed by atoms with E-state index in [4.69, 9.17) is 0 Å². The quantitative estimate of drug-likeness (QED) is 0.829. The van der Waals surface area contributed by atoms with Crippen LogP contribution in [-0.4, -0.2) is 61.5 Å². The minimum absolute atomic E-state index is 0.0203. The van der Waals surface area contributed by atoms with Crippen LogP contribution in [0.25, 0.3) is 0 Å². The van der Waals surface area contributed by atoms with Crippen molar-refractivity contribution in [3.63, 3.8) is 0 Å². The normalized spacial score (nSPS) is 17.4. The average molecular weight is 346 g/mol. The summed E-state index contributed by atoms with van der Waals surface area (Å²) < 4.78 is 0. The first-order valence-electron chi connectivity index (χ1n) is 9.03. The largest absolute Gasteiger partial charge is 0.351 e. The Balaban J connectivity index is 1.86. The van der Waals surface area contributed by atoms with Crippen molar-refractivity contribution in [1.29, 1.82) is 0 Å². The molecular formula is C19H30N4O2. The lowest BCUT2D eigenvalue weighted by Crippen LogP contribution is -2.47. The van der Waals surface area contributed by atoms with Crippen LogP contribution in [0.15, 0.2) is 24.3 Å². The van der Waals surface area contributed by atoms with Crippen LogP contribution in [0.1, 0.15) is 42.1 Å². The second kappa shape index (κ2) is 9.42. The fraction of sp³-hybridized carbons (Fsp3) is 0.579. The van der Waals surface area contributed by atoms with Crippen molar-refractivity contribution in [1.82, 2.24) is 20.4 Å². The zero-order chi connectivity index (χ0) is 18.2. The van der Waals surface area contributed by atoms with E-state index in [1.54, 1.807) is 6.07 Å². The summed E-state index contributed by atoms with van der Waals surface area (Å²) in [6.07, 6.45) is 3.33. The van der Waals surface area contributed by atoms with Crippen molar-refractivity contribution >= 4 is 11.9 Å². The van der Waals surface area contributed by atoms with Crippen molar-refractivity contribution in [2.24, 2.45) is 0 Å². The Morgan fingerprint density at radius 3 is 2.76 bits per heavy atom. The molecule has 0 saturated carbocycles. The average Bonchev–Trinajstić information content (AvgIpc) is 2.60. The molecule has 1 aromatic carbocycles. The number of carbonyl (C=O) groups excluding carboxylic acids is 2. The lowest BCUT2D eigenvalue weighted by molar-refractivity contribution is 0.0951. The Morgan fingerprint density at radius 1 is 1.24 bits per heavy atom. The van der Waals surface area contributed by atoms with Crippen LogP contribution in [0.3, 0.4) is 0 Å². The number of urea groups is 1. The maximum absolute atomic E-state index is 12.3. The van der Waals surface area contributed by atoms with E-state index in [0.29, 0.717) is 24.7 Å². The standard InChI is InChI=1S/C19H30N4O2/c1-15-7-4-5-11-23(15)19(25)21-14-16-8-6-9-17(13-16)18(24)20-10-12-22(2)3/h6,8-9,13,15H,4-5,7,10-12,14H2,1-3H3,(H,20,24)(H,21,25). The lowest BCUT2D eigenvalue weighted by Gasteiger charge is -2.33. The molecule has 6 heteroatoms. The maximum atomic E-state index is 12.3. The Hall–Kier alpha value is -2.08. The number of nitrogens with zero attached hydrogens (tertiary/aromatic N) is 2. The van der Waals surface area contributed by atoms with E-state index in [1.807, 2.05) is 42.1 Å². The van der Waals surface area contributed by atoms with Gasteiger partial charge in [0.1, 0.15) is 0 Å². The van der Waals surface area contributed by atoms with Crippen molar-refractivity contribution in [2.75, 3.05) is 33.7 Å². The molecule has 0 aromatic heterocycles. The number of likely N-dealkylation sites (tertiary alicyclic amines) is 1. The Kier molecular flexibility index (Phi) is 7.25. The van der Waals surface area contributed by atoms with E-state index in [0.717, 1.165) is 31.5 Å². The summed E-state index contributed by atoms with van der Waals surface area (Å²) in [6.45, 7) is 4.76. The molecule has 1 atom stereocenters. The fourth-order valence-corrected chi connectivity index (χ4v) is 3.00. The van der Waals surface area contributed by atoms with Gasteiger partial charge < -0.3 is 20.4 Å². The Bertz CT molecular complexity index is 589. The third-order valence-electron chi connectivity index (χ3n) is 4.54. The van der Waals surface area contributed by atoms with Crippen LogP contribution in [0.5, 0.6) is 0 Å². The van der Waals surface area contributed by atoms with E-state index in [2.05, 4.69) is 17.6 Å². The van der Waals surface area contributed by atoms with E-state index in [9.17, 15) is 9.59 Å². The molecule has 2 N–H and O–H groups in total. The molecule has 0 bridgehead atoms. The lowest BCUT2D eigenvalue weighted by atomic mass is 10.0. The monoisotopic (exact) mass is 346 g/mol. The molecule has 6 nitrogen and oxygen atoms in total. The minimum Gasteiger partial charge on any atom is -0.351 e. The first-order chi connectivity index (χ1) is 12.0. The number of rotatable bonds is 6. The van der Waals surface area contributed by atoms with Crippen LogP contribution < -0.4 is 10.6 Å². The zero-order valence-electron chi connectivity index (χ0n) is 15.5. The highest BCUT2D eigenvalue weighted by molar-refractivity contribution is 5.94. The molecule has 1 fully saturated rings. The van der Waals surface area contributed by atoms with Crippen LogP contribution in [0.2, 0.25) is 0 Å². The molecule has 2 rings (SSSR count). The van der Waals surface area contributed by atoms with Crippen LogP contribution >= 0.6 is 0 Å². The van der Waals surface area contributed by atoms with Gasteiger partial charge in [0, 0.05) is 37.8 Å². The molecule has 1 heterocycles. The van der Waals surface area contributed by atoms with Gasteiger partial charge in [0.25, 0.3) is 5.91 Å². The van der Waals surface area contributed by atoms with Crippen molar-refractivity contribution in [3.05, 3.63) is 35.4 Å². The second-order valence-corrected chi connectivity index (χ2v) is 6.96. The summed E-state index contributed by atoms with van der Waals surface area (Å²) in [5.74, 6) is -0.0836. The molecule has 3 amide bonds. The third-order valence-corrected chi connectivity index (χ3v) is 4.54. The van der Waals surface area contributed by atoms with Crippen molar-refractivity contribution < 1.29 is 9.59 Å². The molecule has 0 aliphatic carbocycles. The van der Waals surface area contributed by atoms with Gasteiger partial charge in [0.15, 0.2) is 0 Å². The smallest absolute Gasteiger partial charge is 0.317 e. The molecule has 1 saturated heterocycles. The first kappa shape index (κ1) is 19.2. The second-order valence-electron chi connectivity index (χ2n) is 6.96. The number of amides is 3. The molecule has 138 valence electrons. The number of nitrogens with one attached hydrogen (secondary N) is 2. The van der Waals surface area contributed by atoms with Crippen LogP contribution in [0, 0.1) is 0 Å². The van der Waals surface area contributed by atoms with Crippen LogP contribution in [0.4, 0.5) is 4.79 Å². The number of hydrogen-bond acceptors (Lipinski definition) is 3. The summed E-state index contributed by atoms with van der Waals surface area (Å²) in [4.78, 5) is 28.4. The number of benzene rings is 1. The predicted molar refractivity (Wildman–Crippen MR) is 99.6 cm³/mol. The van der Waals surface area contributed by atoms with Gasteiger partial charge in [-0.25, -0.2) is 4.79 Å². The predicted octanol–water partition coefficient (Wildman–Crippen LogP) is 2.06. The Labute approximate surface area is 150 Å². The van der Waals surface area contributed by atoms with Gasteiger partial charge in [0.05, 0.1) is 0 Å². The van der Waals surface area contributed by atoms with Crippen molar-refractivity contribution in [2.45, 2.75) is 38.8 Å². The van der Waals surface area contributed by atoms with Gasteiger partial charge in [-0.2, -0.15) is 0 Å². The molecular weight excluding hydrogens is 316 g/mol. The SMILES string of the molecule is CC1CCCCN1C(=O)NCc1cccc(C(=O)NCCN(C)C)c1. The van der Waals surface area contributed by atoms with Crippen LogP contribution in [-0.2, 0) is 6.54 Å². The zero-order valence-corrected chi connectivity index (χ0v) is 15.5. The number of carbonyl (C=O) groups is 2. The third kappa shape index (κ3) is 6.05. The first-order valence-corrected chi connectivity index (χ1v) is 9.03. The van der Waals surface area contributed by atoms with E-state index >= 15 is 0 Å². The molecule has 1 aliphatic rings. The molecule has 1 unspecified atom stereocenters. The van der Waals surface area contributed by atoms with Gasteiger partial charge in [-0.05, 0) is 58.0 Å². The molecule has 0 radical (unpaired) electrons. The van der Waals surface area contributed by atoms with Gasteiger partial charge in [0.2, 0.25) is 0 Å². The van der Waals surface area contributed by atoms with Gasteiger partial charge in [-0.1, -0.05) is 12.1 Å². The highest BCUT2D eigenvalue weighted by Crippen LogP contribution is 2.16. The highest BCUT2D eigenvalue weighted by Gasteiger charge is 2.22. The minimum atomic E-state index is -0.0836. The Morgan fingerprint density at radius 2 is 2.04 bits per heavy atom. The molecule has 1 aliphatic heterocycles. The molecule has 0 spiro atoms. The fourth-order valence-electron chi connectivity index (χ4n) is 3.00. The number of hydrogen-bond donors (Lipinski definition) is 2. The van der Waals surface area contributed by atoms with E-state index in [1.165, 1.54) is 6.42 Å². The maximum Gasteiger partial charge on any atom is 0.317 e. The topological polar surface area (TPSA) is 64.7 Å². The molecule has 25 heavy (non-hydrogen) atoms. The summed E-state index contributed by atoms with van der Waals surface area (Å²) >= 11 is 0. The van der Waals surface area contributed by atoms with Gasteiger partial charge in [-0.15, -0.1) is 0 Å². The van der Waals surface area contributed by atoms with Crippen molar-refractivity contribution in [3.8, 4) is 0 Å². The summed E-state index contributed by atoms with van der Waals surface area (Å²) in [7, 11) is 3.94. The summed E-state index contributed by atoms with van der Waals surface area (Å²) in [5.41, 5.74) is 1.55. The van der Waals surface area contributed by atoms with E-state index in [-0.39, 0.29) is 11.9 Å². The number of piperidine rings is 1. The van der Waals surface area contributed by atoms with Gasteiger partial charge in [-0.3, -0.25) is 4.79 Å². The van der Waals surface area contributed by atoms with E-state index < -0.39 is 0 Å².